The highest BCUT2D eigenvalue weighted by atomic mass is 35.5. The van der Waals surface area contributed by atoms with Gasteiger partial charge in [-0.3, -0.25) is 0 Å². The van der Waals surface area contributed by atoms with E-state index in [-0.39, 0.29) is 17.9 Å². The zero-order valence-electron chi connectivity index (χ0n) is 10.8. The Kier molecular flexibility index (Phi) is 4.30. The Morgan fingerprint density at radius 3 is 2.35 bits per heavy atom. The minimum atomic E-state index is -4.15. The van der Waals surface area contributed by atoms with Gasteiger partial charge in [-0.2, -0.15) is 13.2 Å². The van der Waals surface area contributed by atoms with Crippen molar-refractivity contribution in [2.45, 2.75) is 43.8 Å². The fraction of sp³-hybridized carbons (Fsp3) is 0.571. The van der Waals surface area contributed by atoms with Crippen LogP contribution in [0, 0.1) is 11.7 Å². The van der Waals surface area contributed by atoms with Crippen molar-refractivity contribution in [1.82, 2.24) is 0 Å². The second-order valence-electron chi connectivity index (χ2n) is 5.60. The Hall–Kier alpha value is -0.810. The standard InChI is InChI=1S/C14H16ClF4N/c15-11-2-1-9(7-12(11)16)8-13(20)5-3-10(4-6-13)14(17,18)19/h1-2,7,10H,3-6,8,20H2. The first kappa shape index (κ1) is 15.6. The summed E-state index contributed by atoms with van der Waals surface area (Å²) >= 11 is 5.60. The number of nitrogens with two attached hydrogens (primary N) is 1. The zero-order valence-corrected chi connectivity index (χ0v) is 11.6. The van der Waals surface area contributed by atoms with Gasteiger partial charge in [-0.25, -0.2) is 4.39 Å². The van der Waals surface area contributed by atoms with Crippen LogP contribution in [0.1, 0.15) is 31.2 Å². The van der Waals surface area contributed by atoms with Crippen molar-refractivity contribution in [3.05, 3.63) is 34.6 Å². The molecule has 1 aromatic rings. The minimum absolute atomic E-state index is 0.0283. The van der Waals surface area contributed by atoms with Crippen LogP contribution in [-0.2, 0) is 6.42 Å². The maximum absolute atomic E-state index is 13.4. The van der Waals surface area contributed by atoms with Crippen LogP contribution in [0.15, 0.2) is 18.2 Å². The first-order valence-electron chi connectivity index (χ1n) is 6.49. The maximum Gasteiger partial charge on any atom is 0.391 e. The molecule has 0 saturated heterocycles. The van der Waals surface area contributed by atoms with E-state index in [2.05, 4.69) is 0 Å². The molecule has 0 atom stereocenters. The van der Waals surface area contributed by atoms with E-state index < -0.39 is 23.5 Å². The molecular weight excluding hydrogens is 294 g/mol. The lowest BCUT2D eigenvalue weighted by atomic mass is 9.74. The van der Waals surface area contributed by atoms with Crippen molar-refractivity contribution >= 4 is 11.6 Å². The molecule has 1 nitrogen and oxygen atoms in total. The summed E-state index contributed by atoms with van der Waals surface area (Å²) in [5.41, 5.74) is 6.14. The summed E-state index contributed by atoms with van der Waals surface area (Å²) in [4.78, 5) is 0. The third-order valence-electron chi connectivity index (χ3n) is 3.98. The van der Waals surface area contributed by atoms with E-state index in [0.717, 1.165) is 0 Å². The summed E-state index contributed by atoms with van der Waals surface area (Å²) in [5.74, 6) is -1.79. The first-order valence-corrected chi connectivity index (χ1v) is 6.87. The summed E-state index contributed by atoms with van der Waals surface area (Å²) in [6, 6.07) is 4.40. The van der Waals surface area contributed by atoms with Crippen molar-refractivity contribution < 1.29 is 17.6 Å². The van der Waals surface area contributed by atoms with Crippen molar-refractivity contribution in [3.63, 3.8) is 0 Å². The Morgan fingerprint density at radius 2 is 1.85 bits per heavy atom. The smallest absolute Gasteiger partial charge is 0.325 e. The highest BCUT2D eigenvalue weighted by molar-refractivity contribution is 6.30. The zero-order chi connectivity index (χ0) is 15.0. The minimum Gasteiger partial charge on any atom is -0.325 e. The van der Waals surface area contributed by atoms with Crippen molar-refractivity contribution in [2.75, 3.05) is 0 Å². The molecule has 0 radical (unpaired) electrons. The lowest BCUT2D eigenvalue weighted by molar-refractivity contribution is -0.184. The molecule has 1 aliphatic rings. The van der Waals surface area contributed by atoms with E-state index >= 15 is 0 Å². The molecule has 2 N–H and O–H groups in total. The fourth-order valence-electron chi connectivity index (χ4n) is 2.75. The van der Waals surface area contributed by atoms with E-state index in [0.29, 0.717) is 24.8 Å². The SMILES string of the molecule is NC1(Cc2ccc(Cl)c(F)c2)CCC(C(F)(F)F)CC1. The first-order chi connectivity index (χ1) is 9.20. The van der Waals surface area contributed by atoms with Crippen LogP contribution < -0.4 is 5.73 Å². The average molecular weight is 310 g/mol. The van der Waals surface area contributed by atoms with Gasteiger partial charge in [-0.05, 0) is 49.8 Å². The van der Waals surface area contributed by atoms with Gasteiger partial charge in [0.1, 0.15) is 5.82 Å². The van der Waals surface area contributed by atoms with Crippen molar-refractivity contribution in [3.8, 4) is 0 Å². The molecule has 112 valence electrons. The molecular formula is C14H16ClF4N. The molecule has 6 heteroatoms. The van der Waals surface area contributed by atoms with Crippen LogP contribution in [0.25, 0.3) is 0 Å². The van der Waals surface area contributed by atoms with Crippen LogP contribution in [0.2, 0.25) is 5.02 Å². The van der Waals surface area contributed by atoms with Gasteiger partial charge < -0.3 is 5.73 Å². The van der Waals surface area contributed by atoms with Crippen molar-refractivity contribution in [2.24, 2.45) is 11.7 Å². The highest BCUT2D eigenvalue weighted by Crippen LogP contribution is 2.41. The van der Waals surface area contributed by atoms with Crippen LogP contribution in [0.4, 0.5) is 17.6 Å². The number of hydrogen-bond donors (Lipinski definition) is 1. The summed E-state index contributed by atoms with van der Waals surface area (Å²) in [5, 5.41) is 0.0283. The normalized spacial score (nSPS) is 27.6. The van der Waals surface area contributed by atoms with E-state index in [1.165, 1.54) is 12.1 Å². The molecule has 1 fully saturated rings. The molecule has 0 aliphatic heterocycles. The predicted molar refractivity (Wildman–Crippen MR) is 70.0 cm³/mol. The van der Waals surface area contributed by atoms with Crippen LogP contribution in [0.3, 0.4) is 0 Å². The molecule has 1 saturated carbocycles. The number of hydrogen-bond acceptors (Lipinski definition) is 1. The van der Waals surface area contributed by atoms with Gasteiger partial charge >= 0.3 is 6.18 Å². The van der Waals surface area contributed by atoms with Gasteiger partial charge in [0.05, 0.1) is 10.9 Å². The molecule has 0 bridgehead atoms. The summed E-state index contributed by atoms with van der Waals surface area (Å²) in [6.07, 6.45) is -3.12. The lowest BCUT2D eigenvalue weighted by Crippen LogP contribution is -2.47. The van der Waals surface area contributed by atoms with Gasteiger partial charge in [-0.1, -0.05) is 17.7 Å². The summed E-state index contributed by atoms with van der Waals surface area (Å²) in [7, 11) is 0. The third-order valence-corrected chi connectivity index (χ3v) is 4.29. The third kappa shape index (κ3) is 3.64. The molecule has 20 heavy (non-hydrogen) atoms. The molecule has 0 heterocycles. The number of halogens is 5. The second-order valence-corrected chi connectivity index (χ2v) is 6.01. The molecule has 0 amide bonds. The summed E-state index contributed by atoms with van der Waals surface area (Å²) in [6.45, 7) is 0. The number of benzene rings is 1. The van der Waals surface area contributed by atoms with Gasteiger partial charge in [0.2, 0.25) is 0 Å². The monoisotopic (exact) mass is 309 g/mol. The largest absolute Gasteiger partial charge is 0.391 e. The lowest BCUT2D eigenvalue weighted by Gasteiger charge is -2.38. The molecule has 0 spiro atoms. The fourth-order valence-corrected chi connectivity index (χ4v) is 2.87. The molecule has 0 aromatic heterocycles. The molecule has 2 rings (SSSR count). The van der Waals surface area contributed by atoms with Crippen molar-refractivity contribution in [1.29, 1.82) is 0 Å². The average Bonchev–Trinajstić information content (AvgIpc) is 2.33. The van der Waals surface area contributed by atoms with Gasteiger partial charge in [-0.15, -0.1) is 0 Å². The Bertz CT molecular complexity index is 479. The number of rotatable bonds is 2. The summed E-state index contributed by atoms with van der Waals surface area (Å²) < 4.78 is 51.2. The Balaban J connectivity index is 2.01. The quantitative estimate of drug-likeness (QED) is 0.801. The van der Waals surface area contributed by atoms with Crippen LogP contribution in [0.5, 0.6) is 0 Å². The number of alkyl halides is 3. The predicted octanol–water partition coefficient (Wildman–Crippen LogP) is 4.47. The molecule has 0 unspecified atom stereocenters. The Labute approximate surface area is 120 Å². The van der Waals surface area contributed by atoms with Crippen LogP contribution in [-0.4, -0.2) is 11.7 Å². The van der Waals surface area contributed by atoms with Gasteiger partial charge in [0.25, 0.3) is 0 Å². The van der Waals surface area contributed by atoms with E-state index in [4.69, 9.17) is 17.3 Å². The topological polar surface area (TPSA) is 26.0 Å². The van der Waals surface area contributed by atoms with E-state index in [1.54, 1.807) is 6.07 Å². The van der Waals surface area contributed by atoms with Crippen LogP contribution >= 0.6 is 11.6 Å². The van der Waals surface area contributed by atoms with E-state index in [1.807, 2.05) is 0 Å². The van der Waals surface area contributed by atoms with Gasteiger partial charge in [0.15, 0.2) is 0 Å². The molecule has 1 aliphatic carbocycles. The van der Waals surface area contributed by atoms with Gasteiger partial charge in [0, 0.05) is 5.54 Å². The highest BCUT2D eigenvalue weighted by Gasteiger charge is 2.44. The second kappa shape index (κ2) is 5.53. The molecule has 1 aromatic carbocycles. The Morgan fingerprint density at radius 1 is 1.25 bits per heavy atom. The van der Waals surface area contributed by atoms with E-state index in [9.17, 15) is 17.6 Å². The maximum atomic E-state index is 13.4.